The number of dihydropyridines is 1. The quantitative estimate of drug-likeness (QED) is 0.196. The van der Waals surface area contributed by atoms with Crippen LogP contribution in [-0.4, -0.2) is 9.97 Å². The summed E-state index contributed by atoms with van der Waals surface area (Å²) >= 11 is 0. The van der Waals surface area contributed by atoms with Gasteiger partial charge in [0.05, 0.1) is 17.6 Å². The van der Waals surface area contributed by atoms with Crippen molar-refractivity contribution in [3.63, 3.8) is 0 Å². The number of benzene rings is 1. The van der Waals surface area contributed by atoms with Gasteiger partial charge in [0.2, 0.25) is 0 Å². The van der Waals surface area contributed by atoms with E-state index >= 15 is 0 Å². The molecule has 0 atom stereocenters. The van der Waals surface area contributed by atoms with E-state index in [4.69, 9.17) is 5.73 Å². The van der Waals surface area contributed by atoms with Crippen molar-refractivity contribution in [2.24, 2.45) is 5.92 Å². The summed E-state index contributed by atoms with van der Waals surface area (Å²) in [6, 6.07) is 14.3. The standard InChI is InChI=1S/C33H37N5/c1-6-9-31(33-10-7-8-15-36-33)30-13-12-28(38-24(30)5)18-26-17-25(11-14-32(26)34)27-19-29(21-35-20-27)37-23(4)16-22(2)3/h6-12,14-15,17,19-22,37-38H,1,4,13,16,18,34H2,2-3,5H3/b31-9+. The number of rotatable bonds is 10. The van der Waals surface area contributed by atoms with Crippen molar-refractivity contribution < 1.29 is 0 Å². The van der Waals surface area contributed by atoms with Gasteiger partial charge in [-0.25, -0.2) is 0 Å². The van der Waals surface area contributed by atoms with Crippen molar-refractivity contribution in [3.05, 3.63) is 126 Å². The maximum Gasteiger partial charge on any atom is 0.0705 e. The third kappa shape index (κ3) is 6.68. The van der Waals surface area contributed by atoms with Crippen LogP contribution in [0.4, 0.5) is 11.4 Å². The van der Waals surface area contributed by atoms with Crippen LogP contribution in [0.25, 0.3) is 16.7 Å². The maximum absolute atomic E-state index is 6.42. The van der Waals surface area contributed by atoms with Crippen molar-refractivity contribution in [1.29, 1.82) is 0 Å². The molecule has 2 aromatic heterocycles. The second-order valence-corrected chi connectivity index (χ2v) is 10.1. The summed E-state index contributed by atoms with van der Waals surface area (Å²) in [6.45, 7) is 14.5. The smallest absolute Gasteiger partial charge is 0.0705 e. The number of nitrogen functional groups attached to an aromatic ring is 1. The number of nitrogens with zero attached hydrogens (tertiary/aromatic N) is 2. The monoisotopic (exact) mass is 503 g/mol. The van der Waals surface area contributed by atoms with E-state index in [1.165, 1.54) is 5.57 Å². The number of aromatic nitrogens is 2. The lowest BCUT2D eigenvalue weighted by Gasteiger charge is -2.23. The summed E-state index contributed by atoms with van der Waals surface area (Å²) in [5, 5.41) is 7.00. The topological polar surface area (TPSA) is 75.9 Å². The Kier molecular flexibility index (Phi) is 8.59. The van der Waals surface area contributed by atoms with Crippen LogP contribution < -0.4 is 16.4 Å². The molecule has 0 bridgehead atoms. The molecular formula is C33H37N5. The molecule has 1 aliphatic rings. The molecule has 0 spiro atoms. The number of nitrogens with two attached hydrogens (primary N) is 1. The Labute approximate surface area is 226 Å². The molecule has 0 amide bonds. The van der Waals surface area contributed by atoms with Gasteiger partial charge < -0.3 is 16.4 Å². The van der Waals surface area contributed by atoms with Gasteiger partial charge in [0.25, 0.3) is 0 Å². The lowest BCUT2D eigenvalue weighted by Crippen LogP contribution is -2.19. The molecule has 0 aliphatic carbocycles. The first-order chi connectivity index (χ1) is 18.3. The highest BCUT2D eigenvalue weighted by atomic mass is 14.9. The molecule has 1 aliphatic heterocycles. The molecule has 4 N–H and O–H groups in total. The molecule has 38 heavy (non-hydrogen) atoms. The third-order valence-electron chi connectivity index (χ3n) is 6.48. The van der Waals surface area contributed by atoms with Crippen LogP contribution in [0.15, 0.2) is 115 Å². The molecule has 0 radical (unpaired) electrons. The molecular weight excluding hydrogens is 466 g/mol. The van der Waals surface area contributed by atoms with Crippen LogP contribution in [0.2, 0.25) is 0 Å². The fourth-order valence-electron chi connectivity index (χ4n) is 4.71. The zero-order valence-electron chi connectivity index (χ0n) is 22.6. The maximum atomic E-state index is 6.42. The number of nitrogens with one attached hydrogen (secondary N) is 2. The van der Waals surface area contributed by atoms with Gasteiger partial charge in [-0.1, -0.05) is 57.4 Å². The van der Waals surface area contributed by atoms with E-state index in [-0.39, 0.29) is 0 Å². The molecule has 0 fully saturated rings. The molecule has 0 saturated heterocycles. The highest BCUT2D eigenvalue weighted by molar-refractivity contribution is 5.79. The van der Waals surface area contributed by atoms with Gasteiger partial charge in [0, 0.05) is 52.7 Å². The van der Waals surface area contributed by atoms with Crippen LogP contribution in [0, 0.1) is 5.92 Å². The number of anilines is 2. The molecule has 5 nitrogen and oxygen atoms in total. The van der Waals surface area contributed by atoms with Crippen molar-refractivity contribution in [2.75, 3.05) is 11.1 Å². The molecule has 5 heteroatoms. The van der Waals surface area contributed by atoms with E-state index in [9.17, 15) is 0 Å². The number of allylic oxidation sites excluding steroid dienone is 8. The van der Waals surface area contributed by atoms with E-state index < -0.39 is 0 Å². The number of hydrogen-bond acceptors (Lipinski definition) is 5. The predicted octanol–water partition coefficient (Wildman–Crippen LogP) is 7.66. The van der Waals surface area contributed by atoms with Crippen LogP contribution in [-0.2, 0) is 6.42 Å². The normalized spacial score (nSPS) is 13.7. The lowest BCUT2D eigenvalue weighted by atomic mass is 9.92. The Hall–Kier alpha value is -4.38. The van der Waals surface area contributed by atoms with Gasteiger partial charge in [-0.05, 0) is 72.7 Å². The molecule has 4 rings (SSSR count). The fraction of sp³-hybridized carbons (Fsp3) is 0.212. The van der Waals surface area contributed by atoms with Crippen LogP contribution in [0.1, 0.15) is 44.9 Å². The lowest BCUT2D eigenvalue weighted by molar-refractivity contribution is 0.645. The van der Waals surface area contributed by atoms with Crippen LogP contribution in [0.3, 0.4) is 0 Å². The Morgan fingerprint density at radius 1 is 1.16 bits per heavy atom. The molecule has 0 saturated carbocycles. The van der Waals surface area contributed by atoms with E-state index in [2.05, 4.69) is 72.7 Å². The Morgan fingerprint density at radius 3 is 2.71 bits per heavy atom. The van der Waals surface area contributed by atoms with E-state index in [1.54, 1.807) is 0 Å². The van der Waals surface area contributed by atoms with Gasteiger partial charge in [0.1, 0.15) is 0 Å². The van der Waals surface area contributed by atoms with Crippen LogP contribution >= 0.6 is 0 Å². The zero-order valence-corrected chi connectivity index (χ0v) is 22.6. The molecule has 0 unspecified atom stereocenters. The van der Waals surface area contributed by atoms with E-state index in [0.29, 0.717) is 12.3 Å². The zero-order chi connectivity index (χ0) is 27.1. The van der Waals surface area contributed by atoms with Gasteiger partial charge in [0.15, 0.2) is 0 Å². The van der Waals surface area contributed by atoms with Gasteiger partial charge in [-0.3, -0.25) is 9.97 Å². The SMILES string of the molecule is C=C/C=C(\C1=C(C)NC(Cc2cc(-c3cncc(NC(=C)CC(C)C)c3)ccc2N)=CC1)c1ccccn1. The largest absolute Gasteiger partial charge is 0.398 e. The summed E-state index contributed by atoms with van der Waals surface area (Å²) in [6.07, 6.45) is 14.0. The first kappa shape index (κ1) is 26.7. The predicted molar refractivity (Wildman–Crippen MR) is 161 cm³/mol. The summed E-state index contributed by atoms with van der Waals surface area (Å²) in [7, 11) is 0. The summed E-state index contributed by atoms with van der Waals surface area (Å²) < 4.78 is 0. The minimum absolute atomic E-state index is 0.544. The third-order valence-corrected chi connectivity index (χ3v) is 6.48. The Bertz CT molecular complexity index is 1410. The Morgan fingerprint density at radius 2 is 2.00 bits per heavy atom. The summed E-state index contributed by atoms with van der Waals surface area (Å²) in [4.78, 5) is 9.00. The van der Waals surface area contributed by atoms with Crippen molar-refractivity contribution in [3.8, 4) is 11.1 Å². The minimum Gasteiger partial charge on any atom is -0.398 e. The summed E-state index contributed by atoms with van der Waals surface area (Å²) in [5.74, 6) is 0.544. The van der Waals surface area contributed by atoms with Gasteiger partial charge in [-0.15, -0.1) is 0 Å². The fourth-order valence-corrected chi connectivity index (χ4v) is 4.71. The Balaban J connectivity index is 1.51. The molecule has 3 heterocycles. The average molecular weight is 504 g/mol. The first-order valence-corrected chi connectivity index (χ1v) is 13.0. The van der Waals surface area contributed by atoms with Crippen molar-refractivity contribution >= 4 is 16.9 Å². The molecule has 194 valence electrons. The van der Waals surface area contributed by atoms with Crippen LogP contribution in [0.5, 0.6) is 0 Å². The van der Waals surface area contributed by atoms with Gasteiger partial charge in [-0.2, -0.15) is 0 Å². The number of pyridine rings is 2. The van der Waals surface area contributed by atoms with Crippen molar-refractivity contribution in [1.82, 2.24) is 15.3 Å². The van der Waals surface area contributed by atoms with E-state index in [0.717, 1.165) is 69.3 Å². The first-order valence-electron chi connectivity index (χ1n) is 13.0. The minimum atomic E-state index is 0.544. The second-order valence-electron chi connectivity index (χ2n) is 10.1. The second kappa shape index (κ2) is 12.2. The molecule has 3 aromatic rings. The summed E-state index contributed by atoms with van der Waals surface area (Å²) in [5.41, 5.74) is 17.8. The highest BCUT2D eigenvalue weighted by Gasteiger charge is 2.17. The van der Waals surface area contributed by atoms with Crippen molar-refractivity contribution in [2.45, 2.75) is 40.0 Å². The molecule has 1 aromatic carbocycles. The van der Waals surface area contributed by atoms with Gasteiger partial charge >= 0.3 is 0 Å². The number of hydrogen-bond donors (Lipinski definition) is 3. The van der Waals surface area contributed by atoms with E-state index in [1.807, 2.05) is 61.1 Å². The average Bonchev–Trinajstić information content (AvgIpc) is 2.89. The highest BCUT2D eigenvalue weighted by Crippen LogP contribution is 2.32.